The summed E-state index contributed by atoms with van der Waals surface area (Å²) in [6.07, 6.45) is 1.94. The molecule has 3 rings (SSSR count). The van der Waals surface area contributed by atoms with Crippen molar-refractivity contribution >= 4 is 29.1 Å². The number of halogens is 4. The second-order valence-corrected chi connectivity index (χ2v) is 7.76. The summed E-state index contributed by atoms with van der Waals surface area (Å²) in [5.74, 6) is -0.392. The molecule has 29 heavy (non-hydrogen) atoms. The Bertz CT molecular complexity index is 844. The highest BCUT2D eigenvalue weighted by Crippen LogP contribution is 2.27. The third kappa shape index (κ3) is 6.01. The van der Waals surface area contributed by atoms with Gasteiger partial charge < -0.3 is 15.0 Å². The van der Waals surface area contributed by atoms with E-state index in [0.29, 0.717) is 29.6 Å². The molecule has 0 bridgehead atoms. The van der Waals surface area contributed by atoms with Crippen LogP contribution in [0.1, 0.15) is 23.2 Å². The first-order valence-corrected chi connectivity index (χ1v) is 10.0. The minimum atomic E-state index is -1.39. The predicted molar refractivity (Wildman–Crippen MR) is 108 cm³/mol. The van der Waals surface area contributed by atoms with Gasteiger partial charge in [0, 0.05) is 56.8 Å². The summed E-state index contributed by atoms with van der Waals surface area (Å²) < 4.78 is 33.7. The molecule has 0 radical (unpaired) electrons. The third-order valence-electron chi connectivity index (χ3n) is 4.78. The summed E-state index contributed by atoms with van der Waals surface area (Å²) in [4.78, 5) is 18.1. The number of piperidine rings is 1. The fourth-order valence-electron chi connectivity index (χ4n) is 3.09. The van der Waals surface area contributed by atoms with Crippen LogP contribution in [0.4, 0.5) is 8.78 Å². The summed E-state index contributed by atoms with van der Waals surface area (Å²) in [5, 5.41) is 3.48. The normalized spacial score (nSPS) is 15.9. The first-order valence-electron chi connectivity index (χ1n) is 9.25. The fraction of sp³-hybridized carbons (Fsp3) is 0.400. The molecule has 1 aromatic carbocycles. The van der Waals surface area contributed by atoms with Crippen molar-refractivity contribution in [3.8, 4) is 5.88 Å². The Morgan fingerprint density at radius 2 is 2.00 bits per heavy atom. The predicted octanol–water partition coefficient (Wildman–Crippen LogP) is 4.14. The first kappa shape index (κ1) is 21.7. The van der Waals surface area contributed by atoms with E-state index in [1.54, 1.807) is 17.0 Å². The van der Waals surface area contributed by atoms with Crippen LogP contribution < -0.4 is 10.1 Å². The molecular weight excluding hydrogens is 423 g/mol. The number of pyridine rings is 1. The zero-order chi connectivity index (χ0) is 20.9. The number of alkyl halides is 1. The molecule has 0 unspecified atom stereocenters. The molecule has 1 aromatic heterocycles. The van der Waals surface area contributed by atoms with Gasteiger partial charge in [-0.05, 0) is 24.3 Å². The van der Waals surface area contributed by atoms with Crippen molar-refractivity contribution in [3.05, 3.63) is 58.0 Å². The Kier molecular flexibility index (Phi) is 7.27. The number of carbonyl (C=O) groups is 1. The van der Waals surface area contributed by atoms with E-state index >= 15 is 0 Å². The van der Waals surface area contributed by atoms with Crippen molar-refractivity contribution in [1.82, 2.24) is 15.2 Å². The van der Waals surface area contributed by atoms with E-state index in [1.807, 2.05) is 0 Å². The molecule has 2 aromatic rings. The molecule has 1 aliphatic heterocycles. The van der Waals surface area contributed by atoms with E-state index in [-0.39, 0.29) is 43.4 Å². The fourth-order valence-corrected chi connectivity index (χ4v) is 3.38. The van der Waals surface area contributed by atoms with Crippen LogP contribution in [0.15, 0.2) is 36.5 Å². The molecule has 0 atom stereocenters. The van der Waals surface area contributed by atoms with Crippen LogP contribution in [-0.2, 0) is 0 Å². The number of hydrogen-bond acceptors (Lipinski definition) is 4. The van der Waals surface area contributed by atoms with Gasteiger partial charge in [-0.25, -0.2) is 13.8 Å². The summed E-state index contributed by atoms with van der Waals surface area (Å²) in [6.45, 7) is 1.57. The summed E-state index contributed by atoms with van der Waals surface area (Å²) in [7, 11) is 0. The second-order valence-electron chi connectivity index (χ2n) is 6.91. The molecule has 1 N–H and O–H groups in total. The van der Waals surface area contributed by atoms with Gasteiger partial charge in [-0.15, -0.1) is 0 Å². The average molecular weight is 444 g/mol. The first-order chi connectivity index (χ1) is 13.9. The standard InChI is InChI=1S/C20H21Cl2F2N3O2/c21-15-2-4-18(26-12-15)29-10-7-25-13-20(24)5-8-27(9-6-20)19(28)14-1-3-17(23)16(22)11-14/h1-4,11-12,25H,5-10,13H2. The lowest BCUT2D eigenvalue weighted by molar-refractivity contribution is 0.0433. The highest BCUT2D eigenvalue weighted by atomic mass is 35.5. The van der Waals surface area contributed by atoms with Crippen molar-refractivity contribution < 1.29 is 18.3 Å². The molecule has 0 aliphatic carbocycles. The highest BCUT2D eigenvalue weighted by molar-refractivity contribution is 6.31. The maximum atomic E-state index is 15.0. The van der Waals surface area contributed by atoms with Gasteiger partial charge in [0.1, 0.15) is 18.1 Å². The molecule has 0 spiro atoms. The molecule has 5 nitrogen and oxygen atoms in total. The minimum absolute atomic E-state index is 0.104. The van der Waals surface area contributed by atoms with Crippen LogP contribution in [-0.4, -0.2) is 54.2 Å². The van der Waals surface area contributed by atoms with E-state index in [1.165, 1.54) is 18.3 Å². The van der Waals surface area contributed by atoms with Gasteiger partial charge in [0.05, 0.1) is 10.0 Å². The van der Waals surface area contributed by atoms with Gasteiger partial charge in [0.2, 0.25) is 5.88 Å². The maximum Gasteiger partial charge on any atom is 0.253 e. The van der Waals surface area contributed by atoms with Gasteiger partial charge in [0.15, 0.2) is 0 Å². The third-order valence-corrected chi connectivity index (χ3v) is 5.30. The van der Waals surface area contributed by atoms with E-state index < -0.39 is 11.5 Å². The molecule has 1 fully saturated rings. The number of nitrogens with one attached hydrogen (secondary N) is 1. The molecule has 9 heteroatoms. The van der Waals surface area contributed by atoms with Crippen LogP contribution in [0.2, 0.25) is 10.0 Å². The van der Waals surface area contributed by atoms with Gasteiger partial charge in [-0.3, -0.25) is 4.79 Å². The van der Waals surface area contributed by atoms with Crippen molar-refractivity contribution in [2.75, 3.05) is 32.8 Å². The van der Waals surface area contributed by atoms with Crippen molar-refractivity contribution in [1.29, 1.82) is 0 Å². The van der Waals surface area contributed by atoms with E-state index in [9.17, 15) is 13.6 Å². The van der Waals surface area contributed by atoms with Crippen molar-refractivity contribution in [3.63, 3.8) is 0 Å². The molecule has 1 amide bonds. The van der Waals surface area contributed by atoms with Crippen LogP contribution in [0.3, 0.4) is 0 Å². The minimum Gasteiger partial charge on any atom is -0.476 e. The lowest BCUT2D eigenvalue weighted by Gasteiger charge is -2.36. The molecular formula is C20H21Cl2F2N3O2. The van der Waals surface area contributed by atoms with Gasteiger partial charge in [0.25, 0.3) is 5.91 Å². The number of amides is 1. The Morgan fingerprint density at radius 3 is 2.66 bits per heavy atom. The number of rotatable bonds is 7. The highest BCUT2D eigenvalue weighted by Gasteiger charge is 2.35. The number of aromatic nitrogens is 1. The van der Waals surface area contributed by atoms with Crippen LogP contribution in [0.25, 0.3) is 0 Å². The number of likely N-dealkylation sites (tertiary alicyclic amines) is 1. The SMILES string of the molecule is O=C(c1ccc(F)c(Cl)c1)N1CCC(F)(CNCCOc2ccc(Cl)cn2)CC1. The molecule has 156 valence electrons. The summed E-state index contributed by atoms with van der Waals surface area (Å²) >= 11 is 11.5. The Balaban J connectivity index is 1.40. The van der Waals surface area contributed by atoms with E-state index in [2.05, 4.69) is 10.3 Å². The molecule has 1 aliphatic rings. The largest absolute Gasteiger partial charge is 0.476 e. The Morgan fingerprint density at radius 1 is 1.24 bits per heavy atom. The van der Waals surface area contributed by atoms with E-state index in [0.717, 1.165) is 6.07 Å². The number of benzene rings is 1. The zero-order valence-electron chi connectivity index (χ0n) is 15.6. The topological polar surface area (TPSA) is 54.5 Å². The van der Waals surface area contributed by atoms with E-state index in [4.69, 9.17) is 27.9 Å². The van der Waals surface area contributed by atoms with Crippen LogP contribution in [0, 0.1) is 5.82 Å². The number of hydrogen-bond donors (Lipinski definition) is 1. The quantitative estimate of drug-likeness (QED) is 0.653. The lowest BCUT2D eigenvalue weighted by atomic mass is 9.93. The summed E-state index contributed by atoms with van der Waals surface area (Å²) in [5.41, 5.74) is -1.09. The Labute approximate surface area is 178 Å². The zero-order valence-corrected chi connectivity index (χ0v) is 17.1. The van der Waals surface area contributed by atoms with Gasteiger partial charge >= 0.3 is 0 Å². The summed E-state index contributed by atoms with van der Waals surface area (Å²) in [6, 6.07) is 7.19. The van der Waals surface area contributed by atoms with Crippen molar-refractivity contribution in [2.45, 2.75) is 18.5 Å². The molecule has 1 saturated heterocycles. The van der Waals surface area contributed by atoms with Crippen molar-refractivity contribution in [2.24, 2.45) is 0 Å². The second kappa shape index (κ2) is 9.69. The number of ether oxygens (including phenoxy) is 1. The molecule has 0 saturated carbocycles. The average Bonchev–Trinajstić information content (AvgIpc) is 2.71. The van der Waals surface area contributed by atoms with Gasteiger partial charge in [-0.2, -0.15) is 0 Å². The lowest BCUT2D eigenvalue weighted by Crippen LogP contribution is -2.49. The number of nitrogens with zero attached hydrogens (tertiary/aromatic N) is 2. The smallest absolute Gasteiger partial charge is 0.253 e. The maximum absolute atomic E-state index is 15.0. The van der Waals surface area contributed by atoms with Crippen LogP contribution in [0.5, 0.6) is 5.88 Å². The van der Waals surface area contributed by atoms with Crippen LogP contribution >= 0.6 is 23.2 Å². The molecule has 2 heterocycles. The number of carbonyl (C=O) groups excluding carboxylic acids is 1. The van der Waals surface area contributed by atoms with Gasteiger partial charge in [-0.1, -0.05) is 23.2 Å². The Hall–Kier alpha value is -1.96. The monoisotopic (exact) mass is 443 g/mol.